The van der Waals surface area contributed by atoms with Gasteiger partial charge in [0, 0.05) is 9.99 Å². The quantitative estimate of drug-likeness (QED) is 0.587. The lowest BCUT2D eigenvalue weighted by atomic mass is 9.84. The lowest BCUT2D eigenvalue weighted by Gasteiger charge is -2.21. The van der Waals surface area contributed by atoms with Crippen LogP contribution in [-0.4, -0.2) is 12.9 Å². The predicted octanol–water partition coefficient (Wildman–Crippen LogP) is 4.45. The summed E-state index contributed by atoms with van der Waals surface area (Å²) in [4.78, 5) is 12.4. The van der Waals surface area contributed by atoms with Crippen LogP contribution in [0.5, 0.6) is 5.75 Å². The van der Waals surface area contributed by atoms with Gasteiger partial charge in [0.2, 0.25) is 0 Å². The fraction of sp³-hybridized carbons (Fsp3) is 0.533. The van der Waals surface area contributed by atoms with Gasteiger partial charge in [-0.25, -0.2) is 0 Å². The zero-order valence-electron chi connectivity index (χ0n) is 10.7. The summed E-state index contributed by atoms with van der Waals surface area (Å²) in [6.45, 7) is 0. The van der Waals surface area contributed by atoms with Crippen molar-refractivity contribution in [3.63, 3.8) is 0 Å². The van der Waals surface area contributed by atoms with Crippen LogP contribution in [0.15, 0.2) is 18.2 Å². The van der Waals surface area contributed by atoms with Crippen molar-refractivity contribution in [1.82, 2.24) is 0 Å². The summed E-state index contributed by atoms with van der Waals surface area (Å²) >= 11 is 2.23. The standard InChI is InChI=1S/C15H19IO2/c1-18-15-8-7-12(16)10-13(15)14(17)9-11-5-3-2-4-6-11/h7-8,10-11H,2-6,9H2,1H3. The van der Waals surface area contributed by atoms with Gasteiger partial charge in [-0.3, -0.25) is 4.79 Å². The highest BCUT2D eigenvalue weighted by Crippen LogP contribution is 2.30. The van der Waals surface area contributed by atoms with E-state index in [1.54, 1.807) is 7.11 Å². The van der Waals surface area contributed by atoms with E-state index in [2.05, 4.69) is 22.6 Å². The van der Waals surface area contributed by atoms with Crippen molar-refractivity contribution in [3.8, 4) is 5.75 Å². The Balaban J connectivity index is 2.09. The number of hydrogen-bond donors (Lipinski definition) is 0. The van der Waals surface area contributed by atoms with Gasteiger partial charge in [-0.05, 0) is 46.7 Å². The molecular weight excluding hydrogens is 339 g/mol. The number of ether oxygens (including phenoxy) is 1. The fourth-order valence-electron chi connectivity index (χ4n) is 2.66. The number of methoxy groups -OCH3 is 1. The van der Waals surface area contributed by atoms with Gasteiger partial charge in [0.1, 0.15) is 5.75 Å². The lowest BCUT2D eigenvalue weighted by molar-refractivity contribution is 0.0947. The molecule has 0 saturated heterocycles. The second-order valence-corrected chi connectivity index (χ2v) is 6.22. The van der Waals surface area contributed by atoms with E-state index in [-0.39, 0.29) is 5.78 Å². The van der Waals surface area contributed by atoms with Crippen molar-refractivity contribution >= 4 is 28.4 Å². The summed E-state index contributed by atoms with van der Waals surface area (Å²) in [5.41, 5.74) is 0.745. The van der Waals surface area contributed by atoms with Crippen LogP contribution in [0, 0.1) is 9.49 Å². The third kappa shape index (κ3) is 3.46. The molecular formula is C15H19IO2. The van der Waals surface area contributed by atoms with E-state index in [4.69, 9.17) is 4.74 Å². The Bertz CT molecular complexity index is 423. The zero-order chi connectivity index (χ0) is 13.0. The van der Waals surface area contributed by atoms with Gasteiger partial charge in [-0.2, -0.15) is 0 Å². The Kier molecular flexibility index (Phi) is 5.03. The highest BCUT2D eigenvalue weighted by atomic mass is 127. The Morgan fingerprint density at radius 1 is 1.33 bits per heavy atom. The summed E-state index contributed by atoms with van der Waals surface area (Å²) in [5.74, 6) is 1.52. The van der Waals surface area contributed by atoms with Gasteiger partial charge in [0.25, 0.3) is 0 Å². The van der Waals surface area contributed by atoms with E-state index < -0.39 is 0 Å². The Morgan fingerprint density at radius 2 is 2.06 bits per heavy atom. The average Bonchev–Trinajstić information content (AvgIpc) is 2.40. The number of halogens is 1. The Morgan fingerprint density at radius 3 is 2.72 bits per heavy atom. The molecule has 0 bridgehead atoms. The van der Waals surface area contributed by atoms with E-state index in [1.807, 2.05) is 18.2 Å². The molecule has 2 rings (SSSR count). The summed E-state index contributed by atoms with van der Waals surface area (Å²) in [5, 5.41) is 0. The molecule has 3 heteroatoms. The molecule has 0 heterocycles. The van der Waals surface area contributed by atoms with Crippen molar-refractivity contribution in [2.24, 2.45) is 5.92 Å². The predicted molar refractivity (Wildman–Crippen MR) is 81.2 cm³/mol. The van der Waals surface area contributed by atoms with Crippen LogP contribution < -0.4 is 4.74 Å². The highest BCUT2D eigenvalue weighted by molar-refractivity contribution is 14.1. The Labute approximate surface area is 122 Å². The molecule has 0 amide bonds. The smallest absolute Gasteiger partial charge is 0.166 e. The molecule has 1 aliphatic carbocycles. The molecule has 2 nitrogen and oxygen atoms in total. The van der Waals surface area contributed by atoms with E-state index in [0.29, 0.717) is 18.1 Å². The number of ketones is 1. The molecule has 98 valence electrons. The van der Waals surface area contributed by atoms with Gasteiger partial charge >= 0.3 is 0 Å². The van der Waals surface area contributed by atoms with Crippen LogP contribution in [0.25, 0.3) is 0 Å². The second kappa shape index (κ2) is 6.55. The van der Waals surface area contributed by atoms with Crippen LogP contribution in [0.3, 0.4) is 0 Å². The van der Waals surface area contributed by atoms with Crippen molar-refractivity contribution in [2.45, 2.75) is 38.5 Å². The van der Waals surface area contributed by atoms with Gasteiger partial charge in [-0.15, -0.1) is 0 Å². The summed E-state index contributed by atoms with van der Waals surface area (Å²) in [6.07, 6.45) is 6.98. The largest absolute Gasteiger partial charge is 0.496 e. The van der Waals surface area contributed by atoms with Gasteiger partial charge in [0.05, 0.1) is 12.7 Å². The molecule has 0 aliphatic heterocycles. The van der Waals surface area contributed by atoms with E-state index in [1.165, 1.54) is 32.1 Å². The number of carbonyl (C=O) groups is 1. The highest BCUT2D eigenvalue weighted by Gasteiger charge is 2.20. The molecule has 1 fully saturated rings. The molecule has 0 unspecified atom stereocenters. The van der Waals surface area contributed by atoms with Crippen LogP contribution in [0.2, 0.25) is 0 Å². The first-order chi connectivity index (χ1) is 8.70. The normalized spacial score (nSPS) is 16.6. The summed E-state index contributed by atoms with van der Waals surface area (Å²) in [6, 6.07) is 5.79. The van der Waals surface area contributed by atoms with E-state index in [0.717, 1.165) is 9.13 Å². The Hall–Kier alpha value is -0.580. The second-order valence-electron chi connectivity index (χ2n) is 4.98. The maximum absolute atomic E-state index is 12.4. The molecule has 1 aromatic rings. The fourth-order valence-corrected chi connectivity index (χ4v) is 3.15. The minimum absolute atomic E-state index is 0.234. The lowest BCUT2D eigenvalue weighted by Crippen LogP contribution is -2.13. The maximum Gasteiger partial charge on any atom is 0.166 e. The van der Waals surface area contributed by atoms with Crippen LogP contribution in [0.4, 0.5) is 0 Å². The molecule has 0 radical (unpaired) electrons. The average molecular weight is 358 g/mol. The first kappa shape index (κ1) is 13.8. The van der Waals surface area contributed by atoms with E-state index >= 15 is 0 Å². The third-order valence-corrected chi connectivity index (χ3v) is 4.33. The molecule has 1 aromatic carbocycles. The number of rotatable bonds is 4. The van der Waals surface area contributed by atoms with E-state index in [9.17, 15) is 4.79 Å². The van der Waals surface area contributed by atoms with Crippen molar-refractivity contribution in [1.29, 1.82) is 0 Å². The number of hydrogen-bond acceptors (Lipinski definition) is 2. The van der Waals surface area contributed by atoms with Crippen LogP contribution in [0.1, 0.15) is 48.9 Å². The number of Topliss-reactive ketones (excluding diaryl/α,β-unsaturated/α-hetero) is 1. The maximum atomic E-state index is 12.4. The first-order valence-corrected chi connectivity index (χ1v) is 7.65. The van der Waals surface area contributed by atoms with Gasteiger partial charge in [0.15, 0.2) is 5.78 Å². The minimum Gasteiger partial charge on any atom is -0.496 e. The first-order valence-electron chi connectivity index (χ1n) is 6.57. The SMILES string of the molecule is COc1ccc(I)cc1C(=O)CC1CCCCC1. The zero-order valence-corrected chi connectivity index (χ0v) is 12.9. The van der Waals surface area contributed by atoms with Crippen LogP contribution in [-0.2, 0) is 0 Å². The third-order valence-electron chi connectivity index (χ3n) is 3.66. The number of carbonyl (C=O) groups excluding carboxylic acids is 1. The van der Waals surface area contributed by atoms with Crippen LogP contribution >= 0.6 is 22.6 Å². The monoisotopic (exact) mass is 358 g/mol. The molecule has 0 aromatic heterocycles. The summed E-state index contributed by atoms with van der Waals surface area (Å²) in [7, 11) is 1.62. The van der Waals surface area contributed by atoms with Crippen molar-refractivity contribution in [2.75, 3.05) is 7.11 Å². The van der Waals surface area contributed by atoms with Crippen molar-refractivity contribution < 1.29 is 9.53 Å². The molecule has 0 atom stereocenters. The molecule has 0 spiro atoms. The topological polar surface area (TPSA) is 26.3 Å². The van der Waals surface area contributed by atoms with Crippen molar-refractivity contribution in [3.05, 3.63) is 27.3 Å². The summed E-state index contributed by atoms with van der Waals surface area (Å²) < 4.78 is 6.37. The van der Waals surface area contributed by atoms with Gasteiger partial charge < -0.3 is 4.74 Å². The molecule has 1 saturated carbocycles. The van der Waals surface area contributed by atoms with Gasteiger partial charge in [-0.1, -0.05) is 32.1 Å². The minimum atomic E-state index is 0.234. The molecule has 18 heavy (non-hydrogen) atoms. The molecule has 0 N–H and O–H groups in total. The molecule has 1 aliphatic rings. The number of benzene rings is 1.